The van der Waals surface area contributed by atoms with Crippen LogP contribution in [0, 0.1) is 5.92 Å². The van der Waals surface area contributed by atoms with Gasteiger partial charge in [0.05, 0.1) is 14.2 Å². The molecule has 6 nitrogen and oxygen atoms in total. The van der Waals surface area contributed by atoms with E-state index in [1.165, 1.54) is 0 Å². The molecule has 1 aliphatic heterocycles. The van der Waals surface area contributed by atoms with E-state index >= 15 is 0 Å². The Morgan fingerprint density at radius 1 is 1.32 bits per heavy atom. The highest BCUT2D eigenvalue weighted by Gasteiger charge is 2.42. The zero-order valence-corrected chi connectivity index (χ0v) is 15.7. The van der Waals surface area contributed by atoms with Crippen LogP contribution in [0.4, 0.5) is 0 Å². The molecule has 0 bridgehead atoms. The molecule has 1 aromatic carbocycles. The first-order valence-electron chi connectivity index (χ1n) is 8.83. The smallest absolute Gasteiger partial charge is 0.256 e. The fourth-order valence-electron chi connectivity index (χ4n) is 3.23. The summed E-state index contributed by atoms with van der Waals surface area (Å²) in [7, 11) is 3.18. The van der Waals surface area contributed by atoms with Gasteiger partial charge in [-0.3, -0.25) is 4.79 Å². The summed E-state index contributed by atoms with van der Waals surface area (Å²) >= 11 is 0. The summed E-state index contributed by atoms with van der Waals surface area (Å²) in [6.07, 6.45) is 1.26. The van der Waals surface area contributed by atoms with Crippen molar-refractivity contribution in [3.05, 3.63) is 23.8 Å². The lowest BCUT2D eigenvalue weighted by Crippen LogP contribution is -2.57. The summed E-state index contributed by atoms with van der Waals surface area (Å²) < 4.78 is 10.8. The maximum absolute atomic E-state index is 12.8. The lowest BCUT2D eigenvalue weighted by atomic mass is 9.91. The predicted molar refractivity (Wildman–Crippen MR) is 96.9 cm³/mol. The molecule has 1 saturated heterocycles. The molecule has 1 fully saturated rings. The molecule has 0 unspecified atom stereocenters. The Kier molecular flexibility index (Phi) is 6.67. The van der Waals surface area contributed by atoms with Crippen molar-refractivity contribution < 1.29 is 19.4 Å². The highest BCUT2D eigenvalue weighted by Crippen LogP contribution is 2.33. The first-order chi connectivity index (χ1) is 11.9. The number of piperidine rings is 1. The summed E-state index contributed by atoms with van der Waals surface area (Å²) in [5.74, 6) is 1.52. The number of likely N-dealkylation sites (tertiary alicyclic amines) is 1. The van der Waals surface area contributed by atoms with Crippen LogP contribution in [0.25, 0.3) is 0 Å². The van der Waals surface area contributed by atoms with Gasteiger partial charge in [-0.15, -0.1) is 0 Å². The maximum atomic E-state index is 12.8. The maximum Gasteiger partial charge on any atom is 0.256 e. The Hall–Kier alpha value is -1.79. The monoisotopic (exact) mass is 350 g/mol. The molecule has 6 heteroatoms. The van der Waals surface area contributed by atoms with Gasteiger partial charge in [0.25, 0.3) is 5.91 Å². The molecule has 0 radical (unpaired) electrons. The summed E-state index contributed by atoms with van der Waals surface area (Å²) in [6.45, 7) is 6.29. The number of hydrogen-bond acceptors (Lipinski definition) is 5. The summed E-state index contributed by atoms with van der Waals surface area (Å²) in [6, 6.07) is 5.62. The molecule has 2 rings (SSSR count). The van der Waals surface area contributed by atoms with Crippen LogP contribution in [-0.2, 0) is 11.3 Å². The van der Waals surface area contributed by atoms with Crippen molar-refractivity contribution >= 4 is 5.91 Å². The molecule has 0 saturated carbocycles. The van der Waals surface area contributed by atoms with Crippen LogP contribution in [0.2, 0.25) is 0 Å². The number of ether oxygens (including phenoxy) is 2. The highest BCUT2D eigenvalue weighted by atomic mass is 16.5. The highest BCUT2D eigenvalue weighted by molar-refractivity contribution is 5.86. The number of nitrogens with one attached hydrogen (secondary N) is 1. The number of amides is 1. The lowest BCUT2D eigenvalue weighted by Gasteiger charge is -2.38. The predicted octanol–water partition coefficient (Wildman–Crippen LogP) is 1.80. The number of para-hydroxylation sites is 1. The van der Waals surface area contributed by atoms with Gasteiger partial charge in [0, 0.05) is 25.2 Å². The number of rotatable bonds is 8. The fraction of sp³-hybridized carbons (Fsp3) is 0.632. The van der Waals surface area contributed by atoms with Gasteiger partial charge in [-0.25, -0.2) is 0 Å². The number of carbonyl (C=O) groups excluding carboxylic acids is 1. The Morgan fingerprint density at radius 2 is 2.08 bits per heavy atom. The van der Waals surface area contributed by atoms with Crippen LogP contribution in [0.15, 0.2) is 18.2 Å². The number of benzene rings is 1. The van der Waals surface area contributed by atoms with E-state index in [1.807, 2.05) is 18.2 Å². The number of aliphatic hydroxyl groups is 1. The molecule has 1 amide bonds. The van der Waals surface area contributed by atoms with Crippen LogP contribution in [0.3, 0.4) is 0 Å². The van der Waals surface area contributed by atoms with E-state index in [9.17, 15) is 9.90 Å². The second-order valence-corrected chi connectivity index (χ2v) is 7.04. The van der Waals surface area contributed by atoms with E-state index < -0.39 is 5.60 Å². The third-order valence-electron chi connectivity index (χ3n) is 4.52. The third kappa shape index (κ3) is 4.64. The molecule has 1 aromatic rings. The third-order valence-corrected chi connectivity index (χ3v) is 4.52. The second kappa shape index (κ2) is 8.54. The average Bonchev–Trinajstić information content (AvgIpc) is 2.58. The zero-order valence-electron chi connectivity index (χ0n) is 15.7. The Labute approximate surface area is 150 Å². The first kappa shape index (κ1) is 19.5. The van der Waals surface area contributed by atoms with Crippen molar-refractivity contribution in [3.8, 4) is 11.5 Å². The fourth-order valence-corrected chi connectivity index (χ4v) is 3.23. The second-order valence-electron chi connectivity index (χ2n) is 7.04. The Balaban J connectivity index is 2.11. The van der Waals surface area contributed by atoms with Crippen LogP contribution < -0.4 is 14.8 Å². The molecule has 1 heterocycles. The number of methoxy groups -OCH3 is 2. The molecule has 0 aromatic heterocycles. The van der Waals surface area contributed by atoms with Crippen molar-refractivity contribution in [2.45, 2.75) is 38.8 Å². The van der Waals surface area contributed by atoms with Crippen LogP contribution in [0.5, 0.6) is 11.5 Å². The topological polar surface area (TPSA) is 71.0 Å². The van der Waals surface area contributed by atoms with Crippen LogP contribution >= 0.6 is 0 Å². The quantitative estimate of drug-likeness (QED) is 0.748. The van der Waals surface area contributed by atoms with Crippen molar-refractivity contribution in [1.82, 2.24) is 10.2 Å². The van der Waals surface area contributed by atoms with E-state index in [0.717, 1.165) is 18.5 Å². The van der Waals surface area contributed by atoms with Gasteiger partial charge in [-0.05, 0) is 31.4 Å². The number of hydrogen-bond donors (Lipinski definition) is 2. The molecule has 140 valence electrons. The number of carbonyl (C=O) groups is 1. The van der Waals surface area contributed by atoms with Crippen LogP contribution in [0.1, 0.15) is 32.3 Å². The first-order valence-corrected chi connectivity index (χ1v) is 8.83. The Bertz CT molecular complexity index is 591. The molecule has 25 heavy (non-hydrogen) atoms. The minimum Gasteiger partial charge on any atom is -0.493 e. The van der Waals surface area contributed by atoms with Crippen molar-refractivity contribution in [2.75, 3.05) is 33.9 Å². The van der Waals surface area contributed by atoms with Gasteiger partial charge >= 0.3 is 0 Å². The van der Waals surface area contributed by atoms with Crippen molar-refractivity contribution in [1.29, 1.82) is 0 Å². The van der Waals surface area contributed by atoms with Crippen molar-refractivity contribution in [3.63, 3.8) is 0 Å². The molecular weight excluding hydrogens is 320 g/mol. The standard InChI is InChI=1S/C19H30N2O4/c1-14(2)11-20-13-19(23)9-6-10-21(18(19)22)12-15-7-5-8-16(24-3)17(15)25-4/h5,7-8,14,20,23H,6,9-13H2,1-4H3/t19-/m1/s1. The van der Waals surface area contributed by atoms with Crippen LogP contribution in [-0.4, -0.2) is 55.4 Å². The van der Waals surface area contributed by atoms with Gasteiger partial charge in [-0.2, -0.15) is 0 Å². The molecule has 1 atom stereocenters. The summed E-state index contributed by atoms with van der Waals surface area (Å²) in [5.41, 5.74) is -0.464. The van der Waals surface area contributed by atoms with E-state index in [4.69, 9.17) is 9.47 Å². The molecule has 1 aliphatic rings. The lowest BCUT2D eigenvalue weighted by molar-refractivity contribution is -0.157. The van der Waals surface area contributed by atoms with Gasteiger partial charge in [0.1, 0.15) is 0 Å². The average molecular weight is 350 g/mol. The summed E-state index contributed by atoms with van der Waals surface area (Å²) in [5, 5.41) is 14.0. The van der Waals surface area contributed by atoms with E-state index in [2.05, 4.69) is 19.2 Å². The van der Waals surface area contributed by atoms with Gasteiger partial charge in [-0.1, -0.05) is 26.0 Å². The van der Waals surface area contributed by atoms with E-state index in [-0.39, 0.29) is 12.5 Å². The minimum atomic E-state index is -1.33. The van der Waals surface area contributed by atoms with Gasteiger partial charge in [0.15, 0.2) is 17.1 Å². The SMILES string of the molecule is COc1cccc(CN2CCC[C@@](O)(CNCC(C)C)C2=O)c1OC. The van der Waals surface area contributed by atoms with E-state index in [0.29, 0.717) is 36.9 Å². The molecule has 0 spiro atoms. The minimum absolute atomic E-state index is 0.222. The largest absolute Gasteiger partial charge is 0.493 e. The van der Waals surface area contributed by atoms with E-state index in [1.54, 1.807) is 19.1 Å². The normalized spacial score (nSPS) is 20.9. The zero-order chi connectivity index (χ0) is 18.4. The van der Waals surface area contributed by atoms with Gasteiger partial charge in [0.2, 0.25) is 0 Å². The number of nitrogens with zero attached hydrogens (tertiary/aromatic N) is 1. The van der Waals surface area contributed by atoms with Crippen molar-refractivity contribution in [2.24, 2.45) is 5.92 Å². The Morgan fingerprint density at radius 3 is 2.72 bits per heavy atom. The summed E-state index contributed by atoms with van der Waals surface area (Å²) in [4.78, 5) is 14.6. The molecular formula is C19H30N2O4. The van der Waals surface area contributed by atoms with Gasteiger partial charge < -0.3 is 24.8 Å². The molecule has 0 aliphatic carbocycles. The molecule has 2 N–H and O–H groups in total.